The molecule has 6 heteroatoms. The van der Waals surface area contributed by atoms with Gasteiger partial charge in [-0.05, 0) is 30.3 Å². The van der Waals surface area contributed by atoms with Gasteiger partial charge in [0, 0.05) is 17.1 Å². The Morgan fingerprint density at radius 3 is 2.58 bits per heavy atom. The van der Waals surface area contributed by atoms with E-state index in [0.717, 1.165) is 18.2 Å². The summed E-state index contributed by atoms with van der Waals surface area (Å²) in [5.74, 6) is -1.29. The molecule has 0 radical (unpaired) electrons. The van der Waals surface area contributed by atoms with Gasteiger partial charge >= 0.3 is 0 Å². The lowest BCUT2D eigenvalue weighted by Gasteiger charge is -2.10. The minimum Gasteiger partial charge on any atom is -0.506 e. The molecular formula is C13H9Cl2F2NO. The molecule has 0 atom stereocenters. The van der Waals surface area contributed by atoms with Crippen LogP contribution in [0.4, 0.5) is 14.5 Å². The van der Waals surface area contributed by atoms with Crippen molar-refractivity contribution in [3.8, 4) is 5.75 Å². The fraction of sp³-hybridized carbons (Fsp3) is 0.0769. The molecular weight excluding hydrogens is 295 g/mol. The van der Waals surface area contributed by atoms with Gasteiger partial charge in [0.15, 0.2) is 0 Å². The first-order chi connectivity index (χ1) is 8.97. The number of hydrogen-bond donors (Lipinski definition) is 2. The molecule has 2 aromatic rings. The summed E-state index contributed by atoms with van der Waals surface area (Å²) < 4.78 is 26.4. The minimum absolute atomic E-state index is 0.00417. The second-order valence-corrected chi connectivity index (χ2v) is 4.72. The van der Waals surface area contributed by atoms with Crippen molar-refractivity contribution in [3.05, 3.63) is 57.6 Å². The molecule has 0 bridgehead atoms. The molecule has 0 aliphatic rings. The maximum Gasteiger partial charge on any atom is 0.146 e. The highest BCUT2D eigenvalue weighted by Gasteiger charge is 2.09. The van der Waals surface area contributed by atoms with E-state index in [9.17, 15) is 13.9 Å². The van der Waals surface area contributed by atoms with Gasteiger partial charge in [0.25, 0.3) is 0 Å². The number of nitrogens with one attached hydrogen (secondary N) is 1. The topological polar surface area (TPSA) is 32.3 Å². The molecule has 0 fully saturated rings. The first-order valence-corrected chi connectivity index (χ1v) is 6.09. The monoisotopic (exact) mass is 303 g/mol. The maximum absolute atomic E-state index is 13.4. The molecule has 0 aliphatic carbocycles. The van der Waals surface area contributed by atoms with E-state index in [1.807, 2.05) is 0 Å². The van der Waals surface area contributed by atoms with Crippen LogP contribution in [0.5, 0.6) is 5.75 Å². The predicted octanol–water partition coefficient (Wildman–Crippen LogP) is 4.59. The zero-order valence-corrected chi connectivity index (χ0v) is 11.1. The van der Waals surface area contributed by atoms with Crippen LogP contribution in [0.25, 0.3) is 0 Å². The lowest BCUT2D eigenvalue weighted by atomic mass is 10.2. The Labute approximate surface area is 118 Å². The molecule has 0 spiro atoms. The normalized spacial score (nSPS) is 10.5. The molecule has 100 valence electrons. The van der Waals surface area contributed by atoms with Crippen LogP contribution in [-0.2, 0) is 6.54 Å². The van der Waals surface area contributed by atoms with Crippen LogP contribution in [0.2, 0.25) is 10.0 Å². The summed E-state index contributed by atoms with van der Waals surface area (Å²) >= 11 is 11.6. The van der Waals surface area contributed by atoms with Crippen LogP contribution in [0.3, 0.4) is 0 Å². The fourth-order valence-corrected chi connectivity index (χ4v) is 2.11. The molecule has 2 rings (SSSR count). The van der Waals surface area contributed by atoms with Crippen molar-refractivity contribution in [1.82, 2.24) is 0 Å². The standard InChI is InChI=1S/C13H9Cl2F2NO/c14-8-3-7(13(19)10(15)4-8)6-18-12-5-9(16)1-2-11(12)17/h1-5,18-19H,6H2. The molecule has 0 aromatic heterocycles. The second-order valence-electron chi connectivity index (χ2n) is 3.87. The molecule has 0 amide bonds. The van der Waals surface area contributed by atoms with Crippen LogP contribution in [0.15, 0.2) is 30.3 Å². The van der Waals surface area contributed by atoms with Crippen LogP contribution in [0.1, 0.15) is 5.56 Å². The summed E-state index contributed by atoms with van der Waals surface area (Å²) in [6, 6.07) is 5.95. The first kappa shape index (κ1) is 13.9. The summed E-state index contributed by atoms with van der Waals surface area (Å²) in [7, 11) is 0. The number of anilines is 1. The Morgan fingerprint density at radius 2 is 1.84 bits per heavy atom. The number of hydrogen-bond acceptors (Lipinski definition) is 2. The highest BCUT2D eigenvalue weighted by molar-refractivity contribution is 6.35. The largest absolute Gasteiger partial charge is 0.506 e. The zero-order chi connectivity index (χ0) is 14.0. The van der Waals surface area contributed by atoms with Crippen molar-refractivity contribution in [2.45, 2.75) is 6.54 Å². The third-order valence-electron chi connectivity index (χ3n) is 2.50. The SMILES string of the molecule is Oc1c(Cl)cc(Cl)cc1CNc1cc(F)ccc1F. The Hall–Kier alpha value is -1.52. The van der Waals surface area contributed by atoms with E-state index in [1.165, 1.54) is 12.1 Å². The summed E-state index contributed by atoms with van der Waals surface area (Å²) in [6.45, 7) is 0.0620. The van der Waals surface area contributed by atoms with Crippen molar-refractivity contribution in [1.29, 1.82) is 0 Å². The van der Waals surface area contributed by atoms with Crippen molar-refractivity contribution < 1.29 is 13.9 Å². The van der Waals surface area contributed by atoms with Crippen LogP contribution >= 0.6 is 23.2 Å². The summed E-state index contributed by atoms with van der Waals surface area (Å²) in [6.07, 6.45) is 0. The maximum atomic E-state index is 13.4. The van der Waals surface area contributed by atoms with Crippen LogP contribution in [0, 0.1) is 11.6 Å². The van der Waals surface area contributed by atoms with E-state index in [2.05, 4.69) is 5.32 Å². The van der Waals surface area contributed by atoms with E-state index >= 15 is 0 Å². The molecule has 0 saturated carbocycles. The first-order valence-electron chi connectivity index (χ1n) is 5.33. The van der Waals surface area contributed by atoms with Gasteiger partial charge in [-0.3, -0.25) is 0 Å². The van der Waals surface area contributed by atoms with Gasteiger partial charge in [-0.1, -0.05) is 23.2 Å². The third kappa shape index (κ3) is 3.28. The average molecular weight is 304 g/mol. The molecule has 0 saturated heterocycles. The Balaban J connectivity index is 2.21. The summed E-state index contributed by atoms with van der Waals surface area (Å²) in [5, 5.41) is 12.8. The Bertz CT molecular complexity index is 620. The van der Waals surface area contributed by atoms with Crippen molar-refractivity contribution in [2.75, 3.05) is 5.32 Å². The molecule has 19 heavy (non-hydrogen) atoms. The van der Waals surface area contributed by atoms with Gasteiger partial charge < -0.3 is 10.4 Å². The van der Waals surface area contributed by atoms with E-state index < -0.39 is 11.6 Å². The molecule has 2 nitrogen and oxygen atoms in total. The zero-order valence-electron chi connectivity index (χ0n) is 9.55. The number of phenols is 1. The van der Waals surface area contributed by atoms with E-state index in [0.29, 0.717) is 10.6 Å². The van der Waals surface area contributed by atoms with E-state index in [4.69, 9.17) is 23.2 Å². The van der Waals surface area contributed by atoms with E-state index in [1.54, 1.807) is 0 Å². The van der Waals surface area contributed by atoms with Crippen molar-refractivity contribution in [2.24, 2.45) is 0 Å². The number of aromatic hydroxyl groups is 1. The molecule has 2 N–H and O–H groups in total. The van der Waals surface area contributed by atoms with Crippen molar-refractivity contribution in [3.63, 3.8) is 0 Å². The quantitative estimate of drug-likeness (QED) is 0.869. The number of rotatable bonds is 3. The average Bonchev–Trinajstić information content (AvgIpc) is 2.35. The van der Waals surface area contributed by atoms with Crippen LogP contribution < -0.4 is 5.32 Å². The van der Waals surface area contributed by atoms with Gasteiger partial charge in [-0.2, -0.15) is 0 Å². The second kappa shape index (κ2) is 5.63. The lowest BCUT2D eigenvalue weighted by Crippen LogP contribution is -2.02. The highest BCUT2D eigenvalue weighted by atomic mass is 35.5. The molecule has 0 heterocycles. The Kier molecular flexibility index (Phi) is 4.12. The number of benzene rings is 2. The number of halogens is 4. The highest BCUT2D eigenvalue weighted by Crippen LogP contribution is 2.31. The van der Waals surface area contributed by atoms with Gasteiger partial charge in [-0.25, -0.2) is 8.78 Å². The summed E-state index contributed by atoms with van der Waals surface area (Å²) in [5.41, 5.74) is 0.386. The molecule has 0 unspecified atom stereocenters. The number of phenolic OH excluding ortho intramolecular Hbond substituents is 1. The lowest BCUT2D eigenvalue weighted by molar-refractivity contribution is 0.469. The minimum atomic E-state index is -0.589. The third-order valence-corrected chi connectivity index (χ3v) is 3.01. The van der Waals surface area contributed by atoms with Crippen molar-refractivity contribution >= 4 is 28.9 Å². The predicted molar refractivity (Wildman–Crippen MR) is 71.8 cm³/mol. The Morgan fingerprint density at radius 1 is 1.11 bits per heavy atom. The molecule has 2 aromatic carbocycles. The smallest absolute Gasteiger partial charge is 0.146 e. The van der Waals surface area contributed by atoms with E-state index in [-0.39, 0.29) is 23.0 Å². The fourth-order valence-electron chi connectivity index (χ4n) is 1.58. The molecule has 0 aliphatic heterocycles. The van der Waals surface area contributed by atoms with Gasteiger partial charge in [-0.15, -0.1) is 0 Å². The van der Waals surface area contributed by atoms with Gasteiger partial charge in [0.2, 0.25) is 0 Å². The van der Waals surface area contributed by atoms with Crippen LogP contribution in [-0.4, -0.2) is 5.11 Å². The summed E-state index contributed by atoms with van der Waals surface area (Å²) in [4.78, 5) is 0. The van der Waals surface area contributed by atoms with Gasteiger partial charge in [0.1, 0.15) is 17.4 Å². The van der Waals surface area contributed by atoms with Gasteiger partial charge in [0.05, 0.1) is 10.7 Å².